The monoisotopic (exact) mass is 504 g/mol. The van der Waals surface area contributed by atoms with Crippen molar-refractivity contribution in [2.45, 2.75) is 76.4 Å². The van der Waals surface area contributed by atoms with Gasteiger partial charge in [-0.05, 0) is 68.4 Å². The molecule has 2 aliphatic heterocycles. The second kappa shape index (κ2) is 12.0. The number of benzene rings is 2. The van der Waals surface area contributed by atoms with Crippen LogP contribution >= 0.6 is 0 Å². The van der Waals surface area contributed by atoms with Crippen molar-refractivity contribution in [2.75, 3.05) is 20.3 Å². The second-order valence-corrected chi connectivity index (χ2v) is 10.7. The van der Waals surface area contributed by atoms with E-state index in [0.717, 1.165) is 68.1 Å². The molecule has 1 saturated heterocycles. The maximum atomic E-state index is 13.2. The van der Waals surface area contributed by atoms with Gasteiger partial charge < -0.3 is 25.0 Å². The Labute approximate surface area is 220 Å². The number of amides is 1. The van der Waals surface area contributed by atoms with Crippen molar-refractivity contribution >= 4 is 17.6 Å². The highest BCUT2D eigenvalue weighted by atomic mass is 16.5. The SMILES string of the molecule is CN(C(=O)CCC(C1CCOCC1)N1Cc2cc(Oc3ccccc3)ccc2N=C1N)C1CCCCC1. The number of rotatable bonds is 8. The number of nitrogens with zero attached hydrogens (tertiary/aromatic N) is 3. The highest BCUT2D eigenvalue weighted by molar-refractivity contribution is 5.84. The summed E-state index contributed by atoms with van der Waals surface area (Å²) in [7, 11) is 1.99. The van der Waals surface area contributed by atoms with Crippen LogP contribution in [-0.4, -0.2) is 54.0 Å². The van der Waals surface area contributed by atoms with E-state index in [1.807, 2.05) is 54.4 Å². The fourth-order valence-electron chi connectivity index (χ4n) is 6.09. The number of hydrogen-bond donors (Lipinski definition) is 1. The zero-order valence-electron chi connectivity index (χ0n) is 22.0. The Morgan fingerprint density at radius 1 is 1.08 bits per heavy atom. The lowest BCUT2D eigenvalue weighted by Gasteiger charge is -2.41. The van der Waals surface area contributed by atoms with Gasteiger partial charge in [-0.25, -0.2) is 4.99 Å². The Morgan fingerprint density at radius 3 is 2.59 bits per heavy atom. The summed E-state index contributed by atoms with van der Waals surface area (Å²) in [6.07, 6.45) is 9.25. The zero-order valence-corrected chi connectivity index (χ0v) is 22.0. The van der Waals surface area contributed by atoms with E-state index in [9.17, 15) is 4.79 Å². The molecule has 2 N–H and O–H groups in total. The summed E-state index contributed by atoms with van der Waals surface area (Å²) in [5.74, 6) is 2.79. The van der Waals surface area contributed by atoms with Crippen molar-refractivity contribution in [3.05, 3.63) is 54.1 Å². The van der Waals surface area contributed by atoms with Gasteiger partial charge in [0.15, 0.2) is 5.96 Å². The van der Waals surface area contributed by atoms with E-state index in [4.69, 9.17) is 20.2 Å². The van der Waals surface area contributed by atoms with E-state index in [1.54, 1.807) is 0 Å². The van der Waals surface area contributed by atoms with Gasteiger partial charge in [0.1, 0.15) is 11.5 Å². The normalized spacial score (nSPS) is 19.6. The molecule has 0 bridgehead atoms. The number of fused-ring (bicyclic) bond motifs is 1. The van der Waals surface area contributed by atoms with Crippen molar-refractivity contribution in [1.82, 2.24) is 9.80 Å². The minimum Gasteiger partial charge on any atom is -0.457 e. The first-order valence-electron chi connectivity index (χ1n) is 13.9. The summed E-state index contributed by atoms with van der Waals surface area (Å²) in [6.45, 7) is 2.17. The van der Waals surface area contributed by atoms with Crippen LogP contribution in [-0.2, 0) is 16.1 Å². The number of hydrogen-bond acceptors (Lipinski definition) is 6. The van der Waals surface area contributed by atoms with Crippen LogP contribution in [0.1, 0.15) is 63.4 Å². The van der Waals surface area contributed by atoms with Crippen LogP contribution in [0, 0.1) is 5.92 Å². The van der Waals surface area contributed by atoms with Crippen LogP contribution in [0.2, 0.25) is 0 Å². The van der Waals surface area contributed by atoms with Crippen LogP contribution in [0.5, 0.6) is 11.5 Å². The summed E-state index contributed by atoms with van der Waals surface area (Å²) < 4.78 is 11.7. The predicted octanol–water partition coefficient (Wildman–Crippen LogP) is 5.61. The third-order valence-corrected chi connectivity index (χ3v) is 8.28. The number of guanidine groups is 1. The third-order valence-electron chi connectivity index (χ3n) is 8.28. The number of carbonyl (C=O) groups is 1. The fourth-order valence-corrected chi connectivity index (χ4v) is 6.09. The summed E-state index contributed by atoms with van der Waals surface area (Å²) >= 11 is 0. The fraction of sp³-hybridized carbons (Fsp3) is 0.533. The topological polar surface area (TPSA) is 80.4 Å². The first-order chi connectivity index (χ1) is 18.1. The zero-order chi connectivity index (χ0) is 25.6. The molecule has 2 heterocycles. The summed E-state index contributed by atoms with van der Waals surface area (Å²) in [5, 5.41) is 0. The Morgan fingerprint density at radius 2 is 1.84 bits per heavy atom. The molecule has 2 aromatic rings. The van der Waals surface area contributed by atoms with Gasteiger partial charge >= 0.3 is 0 Å². The van der Waals surface area contributed by atoms with E-state index < -0.39 is 0 Å². The average Bonchev–Trinajstić information content (AvgIpc) is 2.94. The van der Waals surface area contributed by atoms with Gasteiger partial charge in [0.25, 0.3) is 0 Å². The van der Waals surface area contributed by atoms with Gasteiger partial charge in [0.2, 0.25) is 5.91 Å². The predicted molar refractivity (Wildman–Crippen MR) is 146 cm³/mol. The number of carbonyl (C=O) groups excluding carboxylic acids is 1. The largest absolute Gasteiger partial charge is 0.457 e. The van der Waals surface area contributed by atoms with Gasteiger partial charge in [0, 0.05) is 50.9 Å². The van der Waals surface area contributed by atoms with Gasteiger partial charge in [-0.2, -0.15) is 0 Å². The molecular weight excluding hydrogens is 464 g/mol. The van der Waals surface area contributed by atoms with Crippen LogP contribution in [0.15, 0.2) is 53.5 Å². The molecule has 1 saturated carbocycles. The van der Waals surface area contributed by atoms with Gasteiger partial charge in [-0.3, -0.25) is 4.79 Å². The molecule has 1 unspecified atom stereocenters. The van der Waals surface area contributed by atoms with Crippen molar-refractivity contribution in [3.8, 4) is 11.5 Å². The standard InChI is InChI=1S/C30H40N4O3/c1-33(24-8-4-2-5-9-24)29(35)15-14-28(22-16-18-36-19-17-22)34-21-23-20-26(12-13-27(23)32-30(34)31)37-25-10-6-3-7-11-25/h3,6-7,10-13,20,22,24,28H,2,4-5,8-9,14-19,21H2,1H3,(H2,31,32). The number of nitrogens with two attached hydrogens (primary N) is 1. The Balaban J connectivity index is 1.31. The number of para-hydroxylation sites is 1. The van der Waals surface area contributed by atoms with Crippen LogP contribution < -0.4 is 10.5 Å². The van der Waals surface area contributed by atoms with Crippen LogP contribution in [0.3, 0.4) is 0 Å². The molecule has 0 radical (unpaired) electrons. The quantitative estimate of drug-likeness (QED) is 0.506. The molecule has 198 valence electrons. The van der Waals surface area contributed by atoms with E-state index in [0.29, 0.717) is 30.9 Å². The Hall–Kier alpha value is -3.06. The molecule has 37 heavy (non-hydrogen) atoms. The number of ether oxygens (including phenoxy) is 2. The molecule has 1 aliphatic carbocycles. The van der Waals surface area contributed by atoms with Crippen molar-refractivity contribution in [1.29, 1.82) is 0 Å². The molecule has 1 atom stereocenters. The van der Waals surface area contributed by atoms with Gasteiger partial charge in [0.05, 0.1) is 5.69 Å². The van der Waals surface area contributed by atoms with Crippen LogP contribution in [0.25, 0.3) is 0 Å². The average molecular weight is 505 g/mol. The number of aliphatic imine (C=N–C) groups is 1. The van der Waals surface area contributed by atoms with Crippen LogP contribution in [0.4, 0.5) is 5.69 Å². The minimum atomic E-state index is 0.142. The lowest BCUT2D eigenvalue weighted by molar-refractivity contribution is -0.133. The Bertz CT molecular complexity index is 1080. The molecule has 7 heteroatoms. The first-order valence-corrected chi connectivity index (χ1v) is 13.9. The summed E-state index contributed by atoms with van der Waals surface area (Å²) in [4.78, 5) is 22.2. The van der Waals surface area contributed by atoms with E-state index in [2.05, 4.69) is 11.0 Å². The highest BCUT2D eigenvalue weighted by Gasteiger charge is 2.34. The molecule has 5 rings (SSSR count). The molecule has 3 aliphatic rings. The van der Waals surface area contributed by atoms with Crippen molar-refractivity contribution < 1.29 is 14.3 Å². The maximum Gasteiger partial charge on any atom is 0.222 e. The lowest BCUT2D eigenvalue weighted by Crippen LogP contribution is -2.50. The minimum absolute atomic E-state index is 0.142. The Kier molecular flexibility index (Phi) is 8.29. The second-order valence-electron chi connectivity index (χ2n) is 10.7. The third kappa shape index (κ3) is 6.27. The molecule has 1 amide bonds. The van der Waals surface area contributed by atoms with E-state index >= 15 is 0 Å². The molecular formula is C30H40N4O3. The first kappa shape index (κ1) is 25.6. The summed E-state index contributed by atoms with van der Waals surface area (Å²) in [6, 6.07) is 16.3. The molecule has 0 spiro atoms. The summed E-state index contributed by atoms with van der Waals surface area (Å²) in [5.41, 5.74) is 8.53. The maximum absolute atomic E-state index is 13.2. The smallest absolute Gasteiger partial charge is 0.222 e. The highest BCUT2D eigenvalue weighted by Crippen LogP contribution is 2.35. The molecule has 0 aromatic heterocycles. The van der Waals surface area contributed by atoms with E-state index in [1.165, 1.54) is 19.3 Å². The van der Waals surface area contributed by atoms with Crippen molar-refractivity contribution in [2.24, 2.45) is 16.6 Å². The molecule has 2 fully saturated rings. The molecule has 2 aromatic carbocycles. The van der Waals surface area contributed by atoms with Crippen molar-refractivity contribution in [3.63, 3.8) is 0 Å². The lowest BCUT2D eigenvalue weighted by atomic mass is 9.86. The van der Waals surface area contributed by atoms with Gasteiger partial charge in [-0.1, -0.05) is 37.5 Å². The molecule has 7 nitrogen and oxygen atoms in total. The van der Waals surface area contributed by atoms with E-state index in [-0.39, 0.29) is 11.9 Å². The van der Waals surface area contributed by atoms with Gasteiger partial charge in [-0.15, -0.1) is 0 Å².